The second-order valence-corrected chi connectivity index (χ2v) is 7.83. The number of hydrogen-bond donors (Lipinski definition) is 0. The number of benzene rings is 3. The van der Waals surface area contributed by atoms with E-state index in [1.807, 2.05) is 60.7 Å². The Bertz CT molecular complexity index is 1460. The second-order valence-electron chi connectivity index (χ2n) is 7.83. The number of nitrogens with zero attached hydrogens (tertiary/aromatic N) is 2. The van der Waals surface area contributed by atoms with E-state index in [2.05, 4.69) is 9.97 Å². The Morgan fingerprint density at radius 1 is 0.611 bits per heavy atom. The molecular formula is C29H19BN2O4. The van der Waals surface area contributed by atoms with Crippen molar-refractivity contribution in [1.29, 1.82) is 0 Å². The number of pyridine rings is 2. The summed E-state index contributed by atoms with van der Waals surface area (Å²) in [5.41, 5.74) is 4.28. The maximum absolute atomic E-state index is 12.7. The van der Waals surface area contributed by atoms with Gasteiger partial charge < -0.3 is 4.74 Å². The fraction of sp³-hybridized carbons (Fsp3) is 0. The molecule has 0 N–H and O–H groups in total. The molecule has 0 saturated heterocycles. The van der Waals surface area contributed by atoms with Gasteiger partial charge in [-0.3, -0.25) is 19.7 Å². The summed E-state index contributed by atoms with van der Waals surface area (Å²) in [5.74, 6) is 0.490. The molecular weight excluding hydrogens is 451 g/mol. The summed E-state index contributed by atoms with van der Waals surface area (Å²) in [6.45, 7) is 0. The molecule has 2 aromatic heterocycles. The maximum atomic E-state index is 12.7. The number of esters is 1. The number of ether oxygens (including phenoxy) is 1. The Morgan fingerprint density at radius 3 is 1.75 bits per heavy atom. The van der Waals surface area contributed by atoms with E-state index in [0.29, 0.717) is 16.8 Å². The third-order valence-corrected chi connectivity index (χ3v) is 5.24. The Kier molecular flexibility index (Phi) is 6.71. The molecule has 0 aliphatic heterocycles. The minimum Gasteiger partial charge on any atom is -0.423 e. The summed E-state index contributed by atoms with van der Waals surface area (Å²) in [4.78, 5) is 32.1. The Morgan fingerprint density at radius 2 is 1.17 bits per heavy atom. The molecule has 0 atom stereocenters. The molecule has 0 bridgehead atoms. The fourth-order valence-corrected chi connectivity index (χ4v) is 3.49. The highest BCUT2D eigenvalue weighted by atomic mass is 17.2. The van der Waals surface area contributed by atoms with Gasteiger partial charge in [-0.1, -0.05) is 29.7 Å². The molecule has 5 aromatic rings. The van der Waals surface area contributed by atoms with Gasteiger partial charge in [0.05, 0.1) is 17.0 Å². The number of aromatic nitrogens is 2. The van der Waals surface area contributed by atoms with Gasteiger partial charge in [-0.05, 0) is 72.8 Å². The van der Waals surface area contributed by atoms with Crippen LogP contribution in [-0.4, -0.2) is 23.8 Å². The van der Waals surface area contributed by atoms with Crippen LogP contribution in [0.4, 0.5) is 0 Å². The van der Waals surface area contributed by atoms with Crippen LogP contribution in [-0.2, 0) is 0 Å². The summed E-state index contributed by atoms with van der Waals surface area (Å²) < 4.78 is 5.51. The Labute approximate surface area is 209 Å². The smallest absolute Gasteiger partial charge is 0.343 e. The topological polar surface area (TPSA) is 70.5 Å². The fourth-order valence-electron chi connectivity index (χ4n) is 3.49. The lowest BCUT2D eigenvalue weighted by Gasteiger charge is -2.10. The maximum Gasteiger partial charge on any atom is 0.343 e. The molecule has 6 nitrogen and oxygen atoms in total. The summed E-state index contributed by atoms with van der Waals surface area (Å²) in [6.07, 6.45) is 3.46. The van der Waals surface area contributed by atoms with E-state index >= 15 is 0 Å². The van der Waals surface area contributed by atoms with E-state index in [1.54, 1.807) is 42.7 Å². The highest BCUT2D eigenvalue weighted by Gasteiger charge is 2.11. The Balaban J connectivity index is 1.23. The van der Waals surface area contributed by atoms with Gasteiger partial charge in [-0.2, -0.15) is 0 Å². The molecule has 0 aliphatic rings. The molecule has 36 heavy (non-hydrogen) atoms. The number of hydrogen-bond acceptors (Lipinski definition) is 6. The summed E-state index contributed by atoms with van der Waals surface area (Å²) in [6, 6.07) is 30.3. The molecule has 172 valence electrons. The largest absolute Gasteiger partial charge is 0.423 e. The van der Waals surface area contributed by atoms with Gasteiger partial charge in [0.2, 0.25) is 0 Å². The van der Waals surface area contributed by atoms with Gasteiger partial charge >= 0.3 is 5.97 Å². The van der Waals surface area contributed by atoms with Crippen molar-refractivity contribution >= 4 is 19.3 Å². The minimum atomic E-state index is -0.523. The van der Waals surface area contributed by atoms with E-state index in [9.17, 15) is 4.79 Å². The number of carbonyl (C=O) groups is 1. The molecule has 0 saturated carbocycles. The molecule has 7 heteroatoms. The quantitative estimate of drug-likeness (QED) is 0.107. The monoisotopic (exact) mass is 470 g/mol. The van der Waals surface area contributed by atoms with Crippen molar-refractivity contribution in [3.8, 4) is 39.8 Å². The minimum absolute atomic E-state index is 0.234. The first-order chi connectivity index (χ1) is 17.6. The van der Waals surface area contributed by atoms with Crippen molar-refractivity contribution in [3.63, 3.8) is 0 Å². The van der Waals surface area contributed by atoms with Gasteiger partial charge in [-0.25, -0.2) is 4.79 Å². The predicted octanol–water partition coefficient (Wildman–Crippen LogP) is 5.20. The molecule has 3 aromatic carbocycles. The van der Waals surface area contributed by atoms with Gasteiger partial charge in [-0.15, -0.1) is 0 Å². The van der Waals surface area contributed by atoms with Gasteiger partial charge in [0.1, 0.15) is 13.6 Å². The zero-order valence-corrected chi connectivity index (χ0v) is 19.1. The van der Waals surface area contributed by atoms with Crippen LogP contribution in [0.3, 0.4) is 0 Å². The van der Waals surface area contributed by atoms with Gasteiger partial charge in [0, 0.05) is 29.6 Å². The molecule has 0 unspecified atom stereocenters. The number of rotatable bonds is 7. The number of carbonyl (C=O) groups excluding carboxylic acids is 1. The lowest BCUT2D eigenvalue weighted by molar-refractivity contribution is -0.0999. The summed E-state index contributed by atoms with van der Waals surface area (Å²) >= 11 is 0. The molecule has 0 spiro atoms. The predicted molar refractivity (Wildman–Crippen MR) is 137 cm³/mol. The summed E-state index contributed by atoms with van der Waals surface area (Å²) in [7, 11) is 5.97. The van der Waals surface area contributed by atoms with Gasteiger partial charge in [0.25, 0.3) is 0 Å². The van der Waals surface area contributed by atoms with Crippen LogP contribution in [0, 0.1) is 0 Å². The highest BCUT2D eigenvalue weighted by Crippen LogP contribution is 2.24. The lowest BCUT2D eigenvalue weighted by Crippen LogP contribution is -2.12. The van der Waals surface area contributed by atoms with Crippen LogP contribution in [0.1, 0.15) is 10.4 Å². The van der Waals surface area contributed by atoms with Gasteiger partial charge in [0.15, 0.2) is 11.5 Å². The zero-order valence-electron chi connectivity index (χ0n) is 19.1. The molecule has 2 heterocycles. The van der Waals surface area contributed by atoms with E-state index < -0.39 is 5.97 Å². The van der Waals surface area contributed by atoms with E-state index in [4.69, 9.17) is 22.4 Å². The Hall–Kier alpha value is -4.91. The van der Waals surface area contributed by atoms with Crippen molar-refractivity contribution < 1.29 is 19.3 Å². The van der Waals surface area contributed by atoms with Crippen molar-refractivity contribution in [1.82, 2.24) is 9.97 Å². The van der Waals surface area contributed by atoms with Crippen molar-refractivity contribution in [2.75, 3.05) is 0 Å². The average Bonchev–Trinajstić information content (AvgIpc) is 2.93. The van der Waals surface area contributed by atoms with E-state index in [-0.39, 0.29) is 11.5 Å². The van der Waals surface area contributed by atoms with Crippen LogP contribution in [0.25, 0.3) is 22.5 Å². The van der Waals surface area contributed by atoms with Crippen LogP contribution in [0.5, 0.6) is 17.2 Å². The van der Waals surface area contributed by atoms with E-state index in [0.717, 1.165) is 22.5 Å². The van der Waals surface area contributed by atoms with Crippen LogP contribution in [0.2, 0.25) is 0 Å². The van der Waals surface area contributed by atoms with Crippen LogP contribution < -0.4 is 20.0 Å². The third-order valence-electron chi connectivity index (χ3n) is 5.24. The summed E-state index contributed by atoms with van der Waals surface area (Å²) in [5, 5.41) is 0. The first kappa shape index (κ1) is 22.9. The molecule has 0 amide bonds. The lowest BCUT2D eigenvalue weighted by atomic mass is 9.96. The molecule has 5 rings (SSSR count). The average molecular weight is 470 g/mol. The molecule has 0 aliphatic carbocycles. The first-order valence-electron chi connectivity index (χ1n) is 11.1. The second kappa shape index (κ2) is 10.6. The van der Waals surface area contributed by atoms with Crippen molar-refractivity contribution in [2.24, 2.45) is 0 Å². The highest BCUT2D eigenvalue weighted by molar-refractivity contribution is 6.32. The normalized spacial score (nSPS) is 10.4. The SMILES string of the molecule is [B]c1cc(OOc2ccc(-c3ccccn3)cc2)cc(OC(=O)c2ccc(-c3ccccn3)cc2)c1. The molecule has 0 fully saturated rings. The third kappa shape index (κ3) is 5.59. The standard InChI is InChI=1S/C29H19BN2O4/c30-23-17-25(34-29(33)22-9-7-20(8-10-22)27-5-1-3-15-31-27)19-26(18-23)36-35-24-13-11-21(12-14-24)28-6-2-4-16-32-28/h1-19H. The molecule has 2 radical (unpaired) electrons. The van der Waals surface area contributed by atoms with Crippen LogP contribution >= 0.6 is 0 Å². The van der Waals surface area contributed by atoms with Crippen molar-refractivity contribution in [3.05, 3.63) is 121 Å². The first-order valence-corrected chi connectivity index (χ1v) is 11.1. The van der Waals surface area contributed by atoms with Crippen LogP contribution in [0.15, 0.2) is 116 Å². The van der Waals surface area contributed by atoms with Crippen molar-refractivity contribution in [2.45, 2.75) is 0 Å². The zero-order chi connectivity index (χ0) is 24.7. The van der Waals surface area contributed by atoms with E-state index in [1.165, 1.54) is 12.1 Å².